The topological polar surface area (TPSA) is 90.4 Å². The number of alkyl halides is 1. The van der Waals surface area contributed by atoms with E-state index in [4.69, 9.17) is 4.74 Å². The van der Waals surface area contributed by atoms with Crippen LogP contribution in [0.3, 0.4) is 0 Å². The van der Waals surface area contributed by atoms with Crippen LogP contribution in [0.15, 0.2) is 55.6 Å². The number of fused-ring (bicyclic) bond motifs is 1. The van der Waals surface area contributed by atoms with E-state index in [0.717, 1.165) is 31.2 Å². The molecule has 1 aromatic carbocycles. The first-order valence-corrected chi connectivity index (χ1v) is 16.3. The predicted molar refractivity (Wildman–Crippen MR) is 167 cm³/mol. The quantitative estimate of drug-likeness (QED) is 0.155. The Morgan fingerprint density at radius 2 is 1.79 bits per heavy atom. The van der Waals surface area contributed by atoms with Crippen molar-refractivity contribution in [2.45, 2.75) is 81.0 Å². The van der Waals surface area contributed by atoms with E-state index in [-0.39, 0.29) is 29.2 Å². The summed E-state index contributed by atoms with van der Waals surface area (Å²) in [5.74, 6) is -1.90. The lowest BCUT2D eigenvalue weighted by Gasteiger charge is -2.37. The molecule has 3 aliphatic rings. The maximum absolute atomic E-state index is 14.4. The lowest BCUT2D eigenvalue weighted by molar-refractivity contribution is -0.148. The molecule has 3 amide bonds. The van der Waals surface area contributed by atoms with Gasteiger partial charge in [-0.3, -0.25) is 14.4 Å². The Morgan fingerprint density at radius 1 is 1.07 bits per heavy atom. The number of rotatable bonds is 17. The van der Waals surface area contributed by atoms with Crippen molar-refractivity contribution in [2.75, 3.05) is 32.8 Å². The number of benzene rings is 1. The summed E-state index contributed by atoms with van der Waals surface area (Å²) in [5.41, 5.74) is -0.0912. The van der Waals surface area contributed by atoms with E-state index in [1.165, 1.54) is 0 Å². The summed E-state index contributed by atoms with van der Waals surface area (Å²) in [6.45, 7) is 12.0. The largest absolute Gasteiger partial charge is 0.396 e. The highest BCUT2D eigenvalue weighted by atomic mass is 79.9. The number of carbonyl (C=O) groups excluding carboxylic acids is 3. The minimum atomic E-state index is -1.08. The second-order valence-electron chi connectivity index (χ2n) is 11.8. The molecule has 3 aliphatic heterocycles. The molecule has 1 aromatic rings. The van der Waals surface area contributed by atoms with Crippen molar-refractivity contribution >= 4 is 33.7 Å². The van der Waals surface area contributed by atoms with Crippen LogP contribution in [0, 0.1) is 11.8 Å². The summed E-state index contributed by atoms with van der Waals surface area (Å²) in [7, 11) is 0. The first-order valence-electron chi connectivity index (χ1n) is 15.4. The lowest BCUT2D eigenvalue weighted by Crippen LogP contribution is -2.57. The maximum atomic E-state index is 14.4. The van der Waals surface area contributed by atoms with E-state index >= 15 is 0 Å². The van der Waals surface area contributed by atoms with Crippen molar-refractivity contribution in [3.63, 3.8) is 0 Å². The standard InChI is InChI=1S/C33H46BrN3O5/c1-4-7-12-19-35(17-5-2)32(41)29-33-22-25(34)28(42-33)26(27(33)31(40)37(29)20-13-9-14-21-38)30(39)36(18-6-3)23-24-15-10-8-11-16-24/h5-6,8,10-11,15-16,25-29,38H,2-4,7,9,12-14,17-23H2,1H3/t25?,26-,27+,28-,29?,33?/m1/s1. The summed E-state index contributed by atoms with van der Waals surface area (Å²) >= 11 is 3.78. The smallest absolute Gasteiger partial charge is 0.248 e. The van der Waals surface area contributed by atoms with Crippen LogP contribution in [-0.4, -0.2) is 92.9 Å². The van der Waals surface area contributed by atoms with E-state index in [1.54, 1.807) is 26.9 Å². The van der Waals surface area contributed by atoms with Gasteiger partial charge in [0.25, 0.3) is 0 Å². The van der Waals surface area contributed by atoms with E-state index in [0.29, 0.717) is 52.0 Å². The van der Waals surface area contributed by atoms with Crippen molar-refractivity contribution in [1.82, 2.24) is 14.7 Å². The van der Waals surface area contributed by atoms with E-state index in [9.17, 15) is 19.5 Å². The normalized spacial score (nSPS) is 27.6. The molecule has 3 unspecified atom stereocenters. The summed E-state index contributed by atoms with van der Waals surface area (Å²) in [6.07, 6.45) is 8.34. The van der Waals surface area contributed by atoms with E-state index < -0.39 is 29.6 Å². The molecule has 9 heteroatoms. The average molecular weight is 645 g/mol. The third-order valence-electron chi connectivity index (χ3n) is 8.94. The van der Waals surface area contributed by atoms with Crippen molar-refractivity contribution in [1.29, 1.82) is 0 Å². The van der Waals surface area contributed by atoms with Gasteiger partial charge in [0.1, 0.15) is 11.6 Å². The van der Waals surface area contributed by atoms with Gasteiger partial charge < -0.3 is 24.5 Å². The van der Waals surface area contributed by atoms with Crippen LogP contribution in [0.25, 0.3) is 0 Å². The van der Waals surface area contributed by atoms with Crippen molar-refractivity contribution < 1.29 is 24.2 Å². The highest BCUT2D eigenvalue weighted by Gasteiger charge is 2.76. The number of carbonyl (C=O) groups is 3. The van der Waals surface area contributed by atoms with E-state index in [1.807, 2.05) is 30.3 Å². The molecule has 0 saturated carbocycles. The zero-order valence-electron chi connectivity index (χ0n) is 24.8. The molecule has 2 bridgehead atoms. The third-order valence-corrected chi connectivity index (χ3v) is 9.78. The fourth-order valence-corrected chi connectivity index (χ4v) is 8.02. The number of ether oxygens (including phenoxy) is 1. The Bertz CT molecular complexity index is 1120. The van der Waals surface area contributed by atoms with Crippen LogP contribution >= 0.6 is 15.9 Å². The first-order chi connectivity index (χ1) is 20.3. The molecule has 6 atom stereocenters. The zero-order chi connectivity index (χ0) is 30.3. The van der Waals surface area contributed by atoms with Gasteiger partial charge in [0.15, 0.2) is 0 Å². The van der Waals surface area contributed by atoms with Crippen LogP contribution in [0.5, 0.6) is 0 Å². The van der Waals surface area contributed by atoms with Gasteiger partial charge in [-0.2, -0.15) is 0 Å². The summed E-state index contributed by atoms with van der Waals surface area (Å²) in [5, 5.41) is 9.30. The summed E-state index contributed by atoms with van der Waals surface area (Å²) in [6, 6.07) is 8.97. The van der Waals surface area contributed by atoms with Gasteiger partial charge in [0.05, 0.1) is 17.9 Å². The highest BCUT2D eigenvalue weighted by Crippen LogP contribution is 2.60. The Labute approximate surface area is 258 Å². The van der Waals surface area contributed by atoms with E-state index in [2.05, 4.69) is 36.0 Å². The van der Waals surface area contributed by atoms with Gasteiger partial charge in [-0.15, -0.1) is 13.2 Å². The maximum Gasteiger partial charge on any atom is 0.248 e. The minimum absolute atomic E-state index is 0.0839. The Morgan fingerprint density at radius 3 is 2.45 bits per heavy atom. The number of nitrogens with zero attached hydrogens (tertiary/aromatic N) is 3. The van der Waals surface area contributed by atoms with Gasteiger partial charge in [-0.25, -0.2) is 0 Å². The van der Waals surface area contributed by atoms with Crippen LogP contribution in [0.4, 0.5) is 0 Å². The number of aliphatic hydroxyl groups excluding tert-OH is 1. The molecule has 8 nitrogen and oxygen atoms in total. The molecule has 4 rings (SSSR count). The van der Waals surface area contributed by atoms with Crippen LogP contribution in [-0.2, 0) is 25.7 Å². The van der Waals surface area contributed by atoms with Gasteiger partial charge in [0.2, 0.25) is 17.7 Å². The molecule has 230 valence electrons. The molecule has 3 heterocycles. The highest BCUT2D eigenvalue weighted by molar-refractivity contribution is 9.09. The Balaban J connectivity index is 1.69. The third kappa shape index (κ3) is 6.38. The Hall–Kier alpha value is -2.49. The number of halogens is 1. The van der Waals surface area contributed by atoms with Gasteiger partial charge in [-0.1, -0.05) is 78.2 Å². The molecule has 0 aromatic heterocycles. The van der Waals surface area contributed by atoms with Crippen LogP contribution in [0.1, 0.15) is 57.4 Å². The predicted octanol–water partition coefficient (Wildman–Crippen LogP) is 4.32. The number of aliphatic hydroxyl groups is 1. The molecule has 3 fully saturated rings. The number of hydrogen-bond acceptors (Lipinski definition) is 5. The number of unbranched alkanes of at least 4 members (excludes halogenated alkanes) is 4. The fourth-order valence-electron chi connectivity index (χ4n) is 7.08. The fraction of sp³-hybridized carbons (Fsp3) is 0.606. The first kappa shape index (κ1) is 32.4. The zero-order valence-corrected chi connectivity index (χ0v) is 26.4. The molecule has 0 aliphatic carbocycles. The SMILES string of the molecule is C=CCN(CCCCC)C(=O)C1N(CCCCCO)C(=O)[C@@H]2[C@@H](C(=O)N(CC=C)Cc3ccccc3)[C@@H]3OC12CC3Br. The van der Waals surface area contributed by atoms with Crippen LogP contribution < -0.4 is 0 Å². The molecule has 1 N–H and O–H groups in total. The molecular formula is C33H46BrN3O5. The van der Waals surface area contributed by atoms with Gasteiger partial charge in [0, 0.05) is 44.2 Å². The molecular weight excluding hydrogens is 598 g/mol. The summed E-state index contributed by atoms with van der Waals surface area (Å²) < 4.78 is 6.73. The molecule has 3 saturated heterocycles. The minimum Gasteiger partial charge on any atom is -0.396 e. The van der Waals surface area contributed by atoms with Gasteiger partial charge >= 0.3 is 0 Å². The lowest BCUT2D eigenvalue weighted by atomic mass is 9.70. The van der Waals surface area contributed by atoms with Crippen LogP contribution in [0.2, 0.25) is 0 Å². The Kier molecular flexibility index (Phi) is 11.4. The second kappa shape index (κ2) is 14.8. The van der Waals surface area contributed by atoms with Gasteiger partial charge in [-0.05, 0) is 37.7 Å². The number of likely N-dealkylation sites (tertiary alicyclic amines) is 1. The van der Waals surface area contributed by atoms with Crippen molar-refractivity contribution in [2.24, 2.45) is 11.8 Å². The molecule has 42 heavy (non-hydrogen) atoms. The monoisotopic (exact) mass is 643 g/mol. The van der Waals surface area contributed by atoms with Crippen molar-refractivity contribution in [3.05, 3.63) is 61.2 Å². The second-order valence-corrected chi connectivity index (χ2v) is 12.9. The average Bonchev–Trinajstić information content (AvgIpc) is 3.58. The molecule has 0 radical (unpaired) electrons. The number of hydrogen-bond donors (Lipinski definition) is 1. The summed E-state index contributed by atoms with van der Waals surface area (Å²) in [4.78, 5) is 48.2. The number of amides is 3. The van der Waals surface area contributed by atoms with Crippen molar-refractivity contribution in [3.8, 4) is 0 Å². The molecule has 1 spiro atoms.